The van der Waals surface area contributed by atoms with Gasteiger partial charge in [0.2, 0.25) is 22.7 Å². The number of hydroxylamine groups is 8. The Morgan fingerprint density at radius 1 is 0.528 bits per heavy atom. The molecule has 9 aliphatic rings. The number of carboxylic acid groups (broad SMARTS) is 1. The number of fused-ring (bicyclic) bond motifs is 5. The van der Waals surface area contributed by atoms with E-state index in [9.17, 15) is 77.5 Å². The molecule has 8 amide bonds. The second-order valence-corrected chi connectivity index (χ2v) is 34.7. The zero-order valence-corrected chi connectivity index (χ0v) is 78.7. The Bertz CT molecular complexity index is 7170. The van der Waals surface area contributed by atoms with Gasteiger partial charge in [-0.25, -0.2) is 47.7 Å². The van der Waals surface area contributed by atoms with E-state index in [1.54, 1.807) is 55.9 Å². The van der Waals surface area contributed by atoms with Crippen LogP contribution in [0.2, 0.25) is 0 Å². The van der Waals surface area contributed by atoms with Crippen molar-refractivity contribution < 1.29 is 136 Å². The molecule has 726 valence electrons. The van der Waals surface area contributed by atoms with Crippen molar-refractivity contribution in [3.05, 3.63) is 258 Å². The number of carbonyl (C=O) groups is 13. The lowest BCUT2D eigenvalue weighted by Gasteiger charge is -2.39. The average molecular weight is 1990 g/mol. The van der Waals surface area contributed by atoms with Crippen molar-refractivity contribution in [2.24, 2.45) is 0 Å². The number of hydrogen-bond donors (Lipinski definition) is 2. The van der Waals surface area contributed by atoms with Crippen molar-refractivity contribution in [2.45, 2.75) is 135 Å². The first-order valence-corrected chi connectivity index (χ1v) is 46.0. The van der Waals surface area contributed by atoms with Gasteiger partial charge in [0.05, 0.1) is 57.9 Å². The van der Waals surface area contributed by atoms with Gasteiger partial charge in [0.1, 0.15) is 30.3 Å². The summed E-state index contributed by atoms with van der Waals surface area (Å²) in [4.78, 5) is 199. The number of rotatable bonds is 25. The molecule has 4 saturated heterocycles. The standard InChI is InChI=1S/C37H33N3O7.C27H22N3O6.C22H19N3O5.C16H17N5O7.BrH/c41-29-11-12-30(42)40(29)47-37(45)22-9-10-23(26(19-22)36(43)44)31-27-17-20-5-1-13-38-15-3-7-24(32(20)38)34(27)46-35-25-8-4-16-39-14-2-6-21(33(25)39)18-28(31)35;1-34-22-7-5-19(6-8-22)23-16-28-26(35-23)20-11-13-29(14-12-20)17-18-3-2-4-21(15-18)27(33)36-30-24(31)9-10-25(30)32;1-24(2)17-9-7-14(8-10-17)18-13-23-21(29-18)15-3-5-16(6-4-15)22(28)30-25-19(26)11-12-20(25)27;22-12-7-8-13(23)20(12)27-14(24)4-2-1-3-9-17-10-5-6-11(21(25)26)16-15(10)18-28-19-16;/h9-10,17-19H,1-8,11-16H2;2-8,11-16H,9-10,17H2,1H3;3-10,13H,11-12H2,1-2H3;5-6,17H,1-4,7-9H2;1H/q;+1;;;. The number of methoxy groups -OCH3 is 1. The average Bonchev–Trinajstić information content (AvgIpc) is 0.784. The number of nitrogens with one attached hydrogen (secondary N) is 1. The number of ether oxygens (including phenoxy) is 2. The number of benzene rings is 8. The lowest BCUT2D eigenvalue weighted by molar-refractivity contribution is -0.688. The van der Waals surface area contributed by atoms with Gasteiger partial charge < -0.3 is 74.9 Å². The molecule has 39 nitrogen and oxygen atoms in total. The number of aryl methyl sites for hydroxylation is 2. The second kappa shape index (κ2) is 42.3. The molecule has 0 unspecified atom stereocenters. The highest BCUT2D eigenvalue weighted by Crippen LogP contribution is 2.50. The molecule has 0 bridgehead atoms. The monoisotopic (exact) mass is 1990 g/mol. The summed E-state index contributed by atoms with van der Waals surface area (Å²) in [5.74, 6) is -3.97. The van der Waals surface area contributed by atoms with E-state index in [1.165, 1.54) is 69.7 Å². The first kappa shape index (κ1) is 96.9. The summed E-state index contributed by atoms with van der Waals surface area (Å²) >= 11 is 0. The van der Waals surface area contributed by atoms with Gasteiger partial charge in [0.25, 0.3) is 47.3 Å². The predicted molar refractivity (Wildman–Crippen MR) is 497 cm³/mol. The Kier molecular flexibility index (Phi) is 28.8. The second-order valence-electron chi connectivity index (χ2n) is 34.7. The zero-order chi connectivity index (χ0) is 98.4. The highest BCUT2D eigenvalue weighted by atomic mass is 79.9. The van der Waals surface area contributed by atoms with Crippen LogP contribution in [0.25, 0.3) is 62.2 Å². The van der Waals surface area contributed by atoms with E-state index >= 15 is 0 Å². The van der Waals surface area contributed by atoms with E-state index in [0.29, 0.717) is 92.7 Å². The summed E-state index contributed by atoms with van der Waals surface area (Å²) in [6, 6.07) is 44.2. The fraction of sp³-hybridized carbons (Fsp3) is 0.284. The van der Waals surface area contributed by atoms with Crippen LogP contribution in [-0.2, 0) is 94.7 Å². The minimum absolute atomic E-state index is 0. The smallest absolute Gasteiger partial charge is 0.363 e. The third-order valence-corrected chi connectivity index (χ3v) is 25.2. The molecule has 0 radical (unpaired) electrons. The molecule has 0 spiro atoms. The fourth-order valence-electron chi connectivity index (χ4n) is 18.2. The number of amides is 8. The highest BCUT2D eigenvalue weighted by molar-refractivity contribution is 6.07. The number of nitro groups is 1. The Balaban J connectivity index is 0.000000133. The summed E-state index contributed by atoms with van der Waals surface area (Å²) in [5.41, 5.74) is 14.7. The van der Waals surface area contributed by atoms with Crippen molar-refractivity contribution >= 4 is 116 Å². The summed E-state index contributed by atoms with van der Waals surface area (Å²) < 4.78 is 33.0. The van der Waals surface area contributed by atoms with Gasteiger partial charge in [-0.3, -0.25) is 48.5 Å². The Labute approximate surface area is 818 Å². The van der Waals surface area contributed by atoms with Gasteiger partial charge in [-0.2, -0.15) is 0 Å². The van der Waals surface area contributed by atoms with E-state index in [-0.39, 0.29) is 114 Å². The van der Waals surface area contributed by atoms with Crippen LogP contribution in [-0.4, -0.2) is 182 Å². The molecule has 142 heavy (non-hydrogen) atoms. The van der Waals surface area contributed by atoms with Crippen molar-refractivity contribution in [1.29, 1.82) is 0 Å². The number of nitrogens with zero attached hydrogens (tertiary/aromatic N) is 13. The highest BCUT2D eigenvalue weighted by Gasteiger charge is 2.41. The molecule has 2 N–H and O–H groups in total. The number of halogens is 1. The molecule has 13 heterocycles. The minimum Gasteiger partial charge on any atom is -1.00 e. The van der Waals surface area contributed by atoms with Crippen LogP contribution in [0.3, 0.4) is 0 Å². The number of carboxylic acids is 1. The molecule has 9 aliphatic heterocycles. The minimum atomic E-state index is -1.19. The summed E-state index contributed by atoms with van der Waals surface area (Å²) in [6.45, 7) is 5.12. The number of anilines is 3. The predicted octanol–water partition coefficient (Wildman–Crippen LogP) is 8.62. The molecule has 8 aromatic carbocycles. The molecule has 0 saturated carbocycles. The molecule has 0 atom stereocenters. The number of non-ortho nitro benzene ring substituents is 1. The van der Waals surface area contributed by atoms with Gasteiger partial charge >= 0.3 is 35.5 Å². The number of carbonyl (C=O) groups excluding carboxylic acids is 12. The lowest BCUT2D eigenvalue weighted by Crippen LogP contribution is -3.00. The first-order chi connectivity index (χ1) is 68.3. The van der Waals surface area contributed by atoms with Crippen LogP contribution in [0.1, 0.15) is 183 Å². The molecular formula is C102H92BrN14O25+. The van der Waals surface area contributed by atoms with Crippen LogP contribution >= 0.6 is 0 Å². The lowest BCUT2D eigenvalue weighted by atomic mass is 9.81. The zero-order valence-electron chi connectivity index (χ0n) is 77.1. The first-order valence-electron chi connectivity index (χ1n) is 46.0. The van der Waals surface area contributed by atoms with E-state index in [4.69, 9.17) is 37.7 Å². The molecular weight excluding hydrogens is 1900 g/mol. The van der Waals surface area contributed by atoms with E-state index in [0.717, 1.165) is 139 Å². The number of aromatic nitrogens is 5. The summed E-state index contributed by atoms with van der Waals surface area (Å²) in [7, 11) is 5.57. The van der Waals surface area contributed by atoms with E-state index in [2.05, 4.69) is 51.8 Å². The number of pyridine rings is 1. The van der Waals surface area contributed by atoms with Crippen LogP contribution < -0.4 is 61.3 Å². The number of hydrogen-bond acceptors (Lipinski definition) is 31. The van der Waals surface area contributed by atoms with Gasteiger partial charge in [-0.15, -0.1) is 20.3 Å². The topological polar surface area (TPSA) is 470 Å². The number of unbranched alkanes of at least 4 members (excludes halogenated alkanes) is 2. The van der Waals surface area contributed by atoms with Gasteiger partial charge in [-0.05, 0) is 188 Å². The molecule has 0 aliphatic carbocycles. The maximum Gasteiger partial charge on any atom is 0.363 e. The van der Waals surface area contributed by atoms with E-state index < -0.39 is 82.0 Å². The molecule has 12 aromatic rings. The fourth-order valence-corrected chi connectivity index (χ4v) is 18.2. The number of oxazole rings is 2. The third-order valence-electron chi connectivity index (χ3n) is 25.2. The Hall–Kier alpha value is -16.8. The molecule has 4 fully saturated rings. The summed E-state index contributed by atoms with van der Waals surface area (Å²) in [5, 5.41) is 36.2. The van der Waals surface area contributed by atoms with Crippen LogP contribution in [0, 0.1) is 10.1 Å². The maximum absolute atomic E-state index is 13.1. The van der Waals surface area contributed by atoms with Crippen LogP contribution in [0.15, 0.2) is 190 Å². The SMILES string of the molecule is CN(C)c1ccc(-c2cnc(-c3ccc(C(=O)ON4C(=O)CCC4=O)cc3)o2)cc1.COc1ccc(-c2cnc(-c3cc[n+](Cc4cccc(C(=O)ON5C(=O)CCC5=O)c4)cc3)o2)cc1.O=C(CCCCCNc1ccc([N+](=O)[O-])c2nonc12)ON1C(=O)CCC1=O.O=C(ON1C(=O)CCC1=O)c1ccc(C2=c3cc4c5c(c3Oc3c2cc2c6c3CCCN6CCC2)CCC[N+]=5CCC4)c(C(=O)O)c1.[Br-]. The quantitative estimate of drug-likeness (QED) is 0.0178. The normalized spacial score (nSPS) is 15.3. The largest absolute Gasteiger partial charge is 1.00 e. The van der Waals surface area contributed by atoms with Crippen LogP contribution in [0.5, 0.6) is 17.2 Å². The van der Waals surface area contributed by atoms with Crippen molar-refractivity contribution in [1.82, 2.24) is 45.1 Å². The van der Waals surface area contributed by atoms with E-state index in [1.807, 2.05) is 103 Å². The molecule has 40 heteroatoms. The Morgan fingerprint density at radius 2 is 1.06 bits per heavy atom. The number of aromatic carboxylic acids is 1. The third kappa shape index (κ3) is 20.7. The Morgan fingerprint density at radius 3 is 1.64 bits per heavy atom. The van der Waals surface area contributed by atoms with Crippen molar-refractivity contribution in [3.63, 3.8) is 0 Å². The van der Waals surface area contributed by atoms with Crippen LogP contribution in [0.4, 0.5) is 22.7 Å². The summed E-state index contributed by atoms with van der Waals surface area (Å²) in [6.07, 6.45) is 17.2. The number of imide groups is 4. The molecule has 4 aromatic heterocycles. The van der Waals surface area contributed by atoms with Crippen molar-refractivity contribution in [2.75, 3.05) is 69.0 Å². The van der Waals surface area contributed by atoms with Gasteiger partial charge in [-0.1, -0.05) is 24.6 Å². The van der Waals surface area contributed by atoms with Gasteiger partial charge in [0, 0.05) is 189 Å². The molecule has 21 rings (SSSR count). The van der Waals surface area contributed by atoms with Gasteiger partial charge in [0.15, 0.2) is 36.0 Å². The number of nitro benzene ring substituents is 1. The van der Waals surface area contributed by atoms with Crippen molar-refractivity contribution in [3.8, 4) is 62.8 Å². The maximum atomic E-state index is 13.1.